The third-order valence-corrected chi connectivity index (χ3v) is 4.96. The maximum Gasteiger partial charge on any atom is 0.139 e. The molecule has 3 heterocycles. The van der Waals surface area contributed by atoms with Gasteiger partial charge in [-0.1, -0.05) is 24.3 Å². The van der Waals surface area contributed by atoms with E-state index >= 15 is 0 Å². The van der Waals surface area contributed by atoms with E-state index < -0.39 is 0 Å². The van der Waals surface area contributed by atoms with Crippen LogP contribution < -0.4 is 5.32 Å². The van der Waals surface area contributed by atoms with Crippen LogP contribution in [0.25, 0.3) is 21.3 Å². The molecule has 4 rings (SSSR count). The Balaban J connectivity index is 2.04. The Morgan fingerprint density at radius 1 is 1.18 bits per heavy atom. The average molecular weight is 309 g/mol. The summed E-state index contributed by atoms with van der Waals surface area (Å²) in [4.78, 5) is 10.2. The smallest absolute Gasteiger partial charge is 0.139 e. The minimum atomic E-state index is -0.0211. The van der Waals surface area contributed by atoms with Crippen LogP contribution in [0.1, 0.15) is 10.4 Å². The molecule has 5 heteroatoms. The molecule has 2 aromatic heterocycles. The zero-order valence-corrected chi connectivity index (χ0v) is 12.7. The van der Waals surface area contributed by atoms with Gasteiger partial charge >= 0.3 is 0 Å². The summed E-state index contributed by atoms with van der Waals surface area (Å²) in [5.74, 6) is 0.936. The number of fused-ring (bicyclic) bond motifs is 1. The maximum absolute atomic E-state index is 9.66. The number of hydrogen-bond donors (Lipinski definition) is 2. The molecular weight excluding hydrogens is 294 g/mol. The number of pyridine rings is 1. The van der Waals surface area contributed by atoms with Crippen molar-refractivity contribution in [2.24, 2.45) is 4.99 Å². The first-order valence-corrected chi connectivity index (χ1v) is 8.05. The molecule has 0 bridgehead atoms. The van der Waals surface area contributed by atoms with Gasteiger partial charge in [0.25, 0.3) is 0 Å². The largest absolute Gasteiger partial charge is 0.392 e. The molecule has 3 aromatic rings. The number of hydrogen-bond acceptors (Lipinski definition) is 5. The number of aliphatic imine (C=N–C) groups is 1. The molecule has 0 spiro atoms. The highest BCUT2D eigenvalue weighted by Crippen LogP contribution is 2.39. The lowest BCUT2D eigenvalue weighted by Gasteiger charge is -2.09. The Morgan fingerprint density at radius 3 is 2.91 bits per heavy atom. The number of nitrogens with one attached hydrogen (secondary N) is 1. The van der Waals surface area contributed by atoms with Crippen LogP contribution in [0.3, 0.4) is 0 Å². The van der Waals surface area contributed by atoms with Gasteiger partial charge in [0, 0.05) is 34.0 Å². The monoisotopic (exact) mass is 309 g/mol. The van der Waals surface area contributed by atoms with Crippen molar-refractivity contribution in [2.45, 2.75) is 6.61 Å². The van der Waals surface area contributed by atoms with E-state index in [0.29, 0.717) is 0 Å². The lowest BCUT2D eigenvalue weighted by molar-refractivity contribution is 0.282. The Kier molecular flexibility index (Phi) is 3.36. The first-order chi connectivity index (χ1) is 10.9. The summed E-state index contributed by atoms with van der Waals surface area (Å²) in [6.07, 6.45) is 1.77. The second kappa shape index (κ2) is 5.51. The number of benzene rings is 1. The fourth-order valence-corrected chi connectivity index (χ4v) is 3.98. The molecule has 4 nitrogen and oxygen atoms in total. The molecule has 0 atom stereocenters. The van der Waals surface area contributed by atoms with Crippen LogP contribution in [-0.2, 0) is 6.61 Å². The van der Waals surface area contributed by atoms with E-state index in [0.717, 1.165) is 46.0 Å². The predicted molar refractivity (Wildman–Crippen MR) is 90.4 cm³/mol. The number of amidine groups is 1. The van der Waals surface area contributed by atoms with Crippen molar-refractivity contribution in [3.8, 4) is 11.3 Å². The van der Waals surface area contributed by atoms with Crippen LogP contribution >= 0.6 is 11.3 Å². The predicted octanol–water partition coefficient (Wildman–Crippen LogP) is 2.81. The molecule has 0 aliphatic carbocycles. The minimum absolute atomic E-state index is 0.0211. The number of thiophene rings is 1. The molecule has 0 amide bonds. The van der Waals surface area contributed by atoms with E-state index in [1.807, 2.05) is 24.3 Å². The molecule has 1 aromatic carbocycles. The number of rotatable bonds is 3. The summed E-state index contributed by atoms with van der Waals surface area (Å²) >= 11 is 1.72. The van der Waals surface area contributed by atoms with Crippen molar-refractivity contribution in [1.82, 2.24) is 10.3 Å². The van der Waals surface area contributed by atoms with Gasteiger partial charge in [0.2, 0.25) is 0 Å². The van der Waals surface area contributed by atoms with E-state index in [1.54, 1.807) is 17.5 Å². The lowest BCUT2D eigenvalue weighted by Crippen LogP contribution is -2.19. The zero-order valence-electron chi connectivity index (χ0n) is 11.9. The molecule has 0 saturated carbocycles. The van der Waals surface area contributed by atoms with Crippen LogP contribution in [0.2, 0.25) is 0 Å². The van der Waals surface area contributed by atoms with Crippen molar-refractivity contribution in [3.05, 3.63) is 53.0 Å². The lowest BCUT2D eigenvalue weighted by atomic mass is 10.0. The highest BCUT2D eigenvalue weighted by Gasteiger charge is 2.22. The second-order valence-electron chi connectivity index (χ2n) is 5.13. The highest BCUT2D eigenvalue weighted by atomic mass is 32.1. The van der Waals surface area contributed by atoms with Gasteiger partial charge in [-0.05, 0) is 12.1 Å². The number of aromatic nitrogens is 1. The number of nitrogens with zero attached hydrogens (tertiary/aromatic N) is 2. The molecular formula is C17H15N3OS. The van der Waals surface area contributed by atoms with Gasteiger partial charge in [-0.15, -0.1) is 11.3 Å². The Bertz CT molecular complexity index is 869. The van der Waals surface area contributed by atoms with Gasteiger partial charge in [-0.2, -0.15) is 0 Å². The van der Waals surface area contributed by atoms with Crippen molar-refractivity contribution < 1.29 is 5.11 Å². The van der Waals surface area contributed by atoms with Gasteiger partial charge < -0.3 is 10.4 Å². The third-order valence-electron chi connectivity index (χ3n) is 3.78. The van der Waals surface area contributed by atoms with Crippen LogP contribution in [0, 0.1) is 0 Å². The molecule has 1 aliphatic rings. The fourth-order valence-electron chi connectivity index (χ4n) is 2.79. The van der Waals surface area contributed by atoms with Crippen molar-refractivity contribution >= 4 is 27.3 Å². The normalized spacial score (nSPS) is 14.1. The van der Waals surface area contributed by atoms with E-state index in [-0.39, 0.29) is 6.61 Å². The summed E-state index contributed by atoms with van der Waals surface area (Å²) in [6.45, 7) is 1.66. The standard InChI is InChI=1S/C17H15N3OS/c21-10-11-4-3-7-18-15(11)14-12-5-1-2-6-13(12)22-16(14)17-19-8-9-20-17/h1-7,21H,8-10H2,(H,19,20). The van der Waals surface area contributed by atoms with Gasteiger partial charge in [0.1, 0.15) is 5.84 Å². The second-order valence-corrected chi connectivity index (χ2v) is 6.18. The minimum Gasteiger partial charge on any atom is -0.392 e. The fraction of sp³-hybridized carbons (Fsp3) is 0.176. The first-order valence-electron chi connectivity index (χ1n) is 7.24. The van der Waals surface area contributed by atoms with Gasteiger partial charge in [0.15, 0.2) is 0 Å². The molecule has 0 radical (unpaired) electrons. The molecule has 0 fully saturated rings. The van der Waals surface area contributed by atoms with Crippen LogP contribution in [0.15, 0.2) is 47.6 Å². The van der Waals surface area contributed by atoms with Gasteiger partial charge in [0.05, 0.1) is 23.7 Å². The topological polar surface area (TPSA) is 57.5 Å². The summed E-state index contributed by atoms with van der Waals surface area (Å²) in [6, 6.07) is 12.1. The molecule has 0 unspecified atom stereocenters. The first kappa shape index (κ1) is 13.4. The molecule has 22 heavy (non-hydrogen) atoms. The Morgan fingerprint density at radius 2 is 2.09 bits per heavy atom. The van der Waals surface area contributed by atoms with E-state index in [2.05, 4.69) is 27.4 Å². The van der Waals surface area contributed by atoms with Crippen molar-refractivity contribution in [2.75, 3.05) is 13.1 Å². The van der Waals surface area contributed by atoms with Crippen molar-refractivity contribution in [1.29, 1.82) is 0 Å². The summed E-state index contributed by atoms with van der Waals surface area (Å²) < 4.78 is 1.21. The van der Waals surface area contributed by atoms with Crippen molar-refractivity contribution in [3.63, 3.8) is 0 Å². The summed E-state index contributed by atoms with van der Waals surface area (Å²) in [5, 5.41) is 14.2. The summed E-state index contributed by atoms with van der Waals surface area (Å²) in [7, 11) is 0. The van der Waals surface area contributed by atoms with Crippen LogP contribution in [0.5, 0.6) is 0 Å². The molecule has 110 valence electrons. The summed E-state index contributed by atoms with van der Waals surface area (Å²) in [5.41, 5.74) is 2.75. The van der Waals surface area contributed by atoms with Crippen LogP contribution in [0.4, 0.5) is 0 Å². The van der Waals surface area contributed by atoms with E-state index in [4.69, 9.17) is 0 Å². The third kappa shape index (κ3) is 2.10. The number of aliphatic hydroxyl groups is 1. The number of aliphatic hydroxyl groups excluding tert-OH is 1. The molecule has 2 N–H and O–H groups in total. The average Bonchev–Trinajstić information content (AvgIpc) is 3.22. The molecule has 0 saturated heterocycles. The maximum atomic E-state index is 9.66. The quantitative estimate of drug-likeness (QED) is 0.782. The van der Waals surface area contributed by atoms with Gasteiger partial charge in [-0.3, -0.25) is 9.98 Å². The highest BCUT2D eigenvalue weighted by molar-refractivity contribution is 7.21. The zero-order chi connectivity index (χ0) is 14.9. The van der Waals surface area contributed by atoms with E-state index in [1.165, 1.54) is 4.70 Å². The van der Waals surface area contributed by atoms with Crippen LogP contribution in [-0.4, -0.2) is 29.0 Å². The SMILES string of the molecule is OCc1cccnc1-c1c(C2=NCCN2)sc2ccccc12. The Hall–Kier alpha value is -2.24. The molecule has 1 aliphatic heterocycles. The van der Waals surface area contributed by atoms with E-state index in [9.17, 15) is 5.11 Å². The van der Waals surface area contributed by atoms with Gasteiger partial charge in [-0.25, -0.2) is 0 Å². The Labute approximate surface area is 132 Å².